The van der Waals surface area contributed by atoms with Crippen LogP contribution in [0, 0.1) is 10.1 Å². The largest absolute Gasteiger partial charge is 0.323 e. The number of carbonyl (C=O) groups is 2. The Balaban J connectivity index is 2.00. The molecule has 0 radical (unpaired) electrons. The Morgan fingerprint density at radius 2 is 1.85 bits per heavy atom. The van der Waals surface area contributed by atoms with Gasteiger partial charge in [-0.15, -0.1) is 0 Å². The molecule has 3 rings (SSSR count). The summed E-state index contributed by atoms with van der Waals surface area (Å²) >= 11 is 0. The van der Waals surface area contributed by atoms with Crippen LogP contribution in [0.5, 0.6) is 0 Å². The van der Waals surface area contributed by atoms with Gasteiger partial charge in [0.05, 0.1) is 21.2 Å². The highest BCUT2D eigenvalue weighted by Crippen LogP contribution is 2.33. The van der Waals surface area contributed by atoms with E-state index in [9.17, 15) is 28.1 Å². The summed E-state index contributed by atoms with van der Waals surface area (Å²) < 4.78 is 23.4. The van der Waals surface area contributed by atoms with Gasteiger partial charge in [-0.2, -0.15) is 0 Å². The first-order chi connectivity index (χ1) is 12.2. The Labute approximate surface area is 148 Å². The zero-order valence-electron chi connectivity index (χ0n) is 13.5. The van der Waals surface area contributed by atoms with Crippen molar-refractivity contribution in [3.63, 3.8) is 0 Å². The van der Waals surface area contributed by atoms with Crippen molar-refractivity contribution in [2.45, 2.75) is 4.90 Å². The average molecular weight is 375 g/mol. The van der Waals surface area contributed by atoms with Gasteiger partial charge in [-0.05, 0) is 30.3 Å². The highest BCUT2D eigenvalue weighted by atomic mass is 32.2. The number of nitro groups is 1. The van der Waals surface area contributed by atoms with E-state index in [0.29, 0.717) is 5.69 Å². The molecule has 1 N–H and O–H groups in total. The molecule has 0 spiro atoms. The molecule has 134 valence electrons. The normalized spacial score (nSPS) is 13.7. The van der Waals surface area contributed by atoms with Gasteiger partial charge >= 0.3 is 0 Å². The molecule has 10 heteroatoms. The number of non-ortho nitro benzene ring substituents is 1. The van der Waals surface area contributed by atoms with Gasteiger partial charge in [0.2, 0.25) is 5.91 Å². The number of fused-ring (bicyclic) bond motifs is 1. The third-order valence-corrected chi connectivity index (χ3v) is 4.94. The monoisotopic (exact) mass is 375 g/mol. The van der Waals surface area contributed by atoms with Gasteiger partial charge in [-0.3, -0.25) is 24.6 Å². The second kappa shape index (κ2) is 6.23. The number of nitrogens with zero attached hydrogens (tertiary/aromatic N) is 2. The Morgan fingerprint density at radius 1 is 1.19 bits per heavy atom. The first kappa shape index (κ1) is 17.5. The number of carbonyl (C=O) groups excluding carboxylic acids is 2. The van der Waals surface area contributed by atoms with E-state index in [4.69, 9.17) is 0 Å². The highest BCUT2D eigenvalue weighted by Gasteiger charge is 2.29. The van der Waals surface area contributed by atoms with Crippen molar-refractivity contribution in [1.29, 1.82) is 0 Å². The van der Waals surface area contributed by atoms with E-state index < -0.39 is 26.6 Å². The molecule has 0 aromatic heterocycles. The van der Waals surface area contributed by atoms with Crippen molar-refractivity contribution < 1.29 is 22.9 Å². The van der Waals surface area contributed by atoms with Gasteiger partial charge in [0.25, 0.3) is 11.6 Å². The summed E-state index contributed by atoms with van der Waals surface area (Å²) in [7, 11) is -3.48. The van der Waals surface area contributed by atoms with Crippen LogP contribution in [0.4, 0.5) is 17.1 Å². The van der Waals surface area contributed by atoms with Gasteiger partial charge in [0.1, 0.15) is 6.54 Å². The first-order valence-electron chi connectivity index (χ1n) is 7.37. The molecular weight excluding hydrogens is 362 g/mol. The lowest BCUT2D eigenvalue weighted by atomic mass is 10.1. The Kier molecular flexibility index (Phi) is 4.20. The van der Waals surface area contributed by atoms with Crippen LogP contribution in [-0.2, 0) is 14.6 Å². The van der Waals surface area contributed by atoms with Crippen LogP contribution in [0.25, 0.3) is 0 Å². The average Bonchev–Trinajstić information content (AvgIpc) is 2.59. The molecule has 26 heavy (non-hydrogen) atoms. The summed E-state index contributed by atoms with van der Waals surface area (Å²) in [6.07, 6.45) is 1.04. The van der Waals surface area contributed by atoms with Gasteiger partial charge < -0.3 is 5.32 Å². The zero-order valence-corrected chi connectivity index (χ0v) is 14.3. The van der Waals surface area contributed by atoms with E-state index in [1.54, 1.807) is 0 Å². The van der Waals surface area contributed by atoms with Crippen LogP contribution in [0.15, 0.2) is 47.4 Å². The summed E-state index contributed by atoms with van der Waals surface area (Å²) in [5.41, 5.74) is 0.569. The number of nitrogens with one attached hydrogen (secondary N) is 1. The highest BCUT2D eigenvalue weighted by molar-refractivity contribution is 7.90. The molecule has 2 aromatic carbocycles. The number of hydrogen-bond donors (Lipinski definition) is 1. The summed E-state index contributed by atoms with van der Waals surface area (Å²) in [4.78, 5) is 36.0. The van der Waals surface area contributed by atoms with Gasteiger partial charge in [0.15, 0.2) is 9.84 Å². The minimum Gasteiger partial charge on any atom is -0.323 e. The van der Waals surface area contributed by atoms with Crippen LogP contribution < -0.4 is 10.2 Å². The van der Waals surface area contributed by atoms with Crippen molar-refractivity contribution in [2.24, 2.45) is 0 Å². The lowest BCUT2D eigenvalue weighted by Gasteiger charge is -2.29. The molecule has 2 aromatic rings. The predicted molar refractivity (Wildman–Crippen MR) is 93.0 cm³/mol. The summed E-state index contributed by atoms with van der Waals surface area (Å²) in [5.74, 6) is -0.999. The molecule has 2 amide bonds. The van der Waals surface area contributed by atoms with E-state index in [2.05, 4.69) is 5.32 Å². The molecule has 1 heterocycles. The van der Waals surface area contributed by atoms with Crippen molar-refractivity contribution in [1.82, 2.24) is 0 Å². The number of amides is 2. The molecule has 0 aliphatic carbocycles. The number of rotatable bonds is 3. The van der Waals surface area contributed by atoms with Gasteiger partial charge in [-0.1, -0.05) is 0 Å². The molecule has 9 nitrogen and oxygen atoms in total. The summed E-state index contributed by atoms with van der Waals surface area (Å²) in [6, 6.07) is 9.08. The fourth-order valence-electron chi connectivity index (χ4n) is 2.56. The quantitative estimate of drug-likeness (QED) is 0.641. The smallest absolute Gasteiger partial charge is 0.269 e. The van der Waals surface area contributed by atoms with Crippen molar-refractivity contribution >= 4 is 38.7 Å². The number of anilines is 2. The molecule has 1 aliphatic rings. The van der Waals surface area contributed by atoms with Crippen LogP contribution in [0.2, 0.25) is 0 Å². The maximum atomic E-state index is 12.7. The second-order valence-electron chi connectivity index (χ2n) is 5.69. The number of benzene rings is 2. The third kappa shape index (κ3) is 3.26. The zero-order chi connectivity index (χ0) is 19.1. The second-order valence-corrected chi connectivity index (χ2v) is 7.71. The Morgan fingerprint density at radius 3 is 2.42 bits per heavy atom. The maximum absolute atomic E-state index is 12.7. The third-order valence-electron chi connectivity index (χ3n) is 3.83. The number of nitro benzene ring substituents is 1. The van der Waals surface area contributed by atoms with Gasteiger partial charge in [-0.25, -0.2) is 8.42 Å². The minimum atomic E-state index is -3.48. The van der Waals surface area contributed by atoms with Crippen LogP contribution >= 0.6 is 0 Å². The molecule has 1 aliphatic heterocycles. The van der Waals surface area contributed by atoms with E-state index in [-0.39, 0.29) is 28.4 Å². The SMILES string of the molecule is CS(=O)(=O)c1ccc2c(c1)NC(=O)CN2C(=O)c1ccc([N+](=O)[O-])cc1. The molecule has 0 saturated carbocycles. The van der Waals surface area contributed by atoms with Crippen molar-refractivity contribution in [3.05, 3.63) is 58.1 Å². The summed E-state index contributed by atoms with van der Waals surface area (Å²) in [5, 5.41) is 13.3. The topological polar surface area (TPSA) is 127 Å². The van der Waals surface area contributed by atoms with E-state index in [0.717, 1.165) is 6.26 Å². The Hall–Kier alpha value is -3.27. The lowest BCUT2D eigenvalue weighted by molar-refractivity contribution is -0.384. The van der Waals surface area contributed by atoms with Crippen LogP contribution in [-0.4, -0.2) is 38.0 Å². The van der Waals surface area contributed by atoms with Crippen LogP contribution in [0.3, 0.4) is 0 Å². The first-order valence-corrected chi connectivity index (χ1v) is 9.26. The number of hydrogen-bond acceptors (Lipinski definition) is 6. The lowest BCUT2D eigenvalue weighted by Crippen LogP contribution is -2.42. The molecule has 0 unspecified atom stereocenters. The molecule has 0 bridgehead atoms. The molecule has 0 fully saturated rings. The fourth-order valence-corrected chi connectivity index (χ4v) is 3.21. The van der Waals surface area contributed by atoms with Crippen molar-refractivity contribution in [2.75, 3.05) is 23.0 Å². The van der Waals surface area contributed by atoms with Crippen molar-refractivity contribution in [3.8, 4) is 0 Å². The molecular formula is C16H13N3O6S. The molecule has 0 atom stereocenters. The standard InChI is InChI=1S/C16H13N3O6S/c1-26(24,25)12-6-7-14-13(8-12)17-15(20)9-18(14)16(21)10-2-4-11(5-3-10)19(22)23/h2-8H,9H2,1H3,(H,17,20). The van der Waals surface area contributed by atoms with E-state index >= 15 is 0 Å². The molecule has 0 saturated heterocycles. The number of sulfone groups is 1. The van der Waals surface area contributed by atoms with E-state index in [1.807, 2.05) is 0 Å². The summed E-state index contributed by atoms with van der Waals surface area (Å²) in [6.45, 7) is -0.249. The Bertz CT molecular complexity index is 1030. The predicted octanol–water partition coefficient (Wildman–Crippen LogP) is 1.60. The van der Waals surface area contributed by atoms with Crippen LogP contribution in [0.1, 0.15) is 10.4 Å². The fraction of sp³-hybridized carbons (Fsp3) is 0.125. The minimum absolute atomic E-state index is 0.0150. The van der Waals surface area contributed by atoms with Gasteiger partial charge in [0, 0.05) is 24.0 Å². The maximum Gasteiger partial charge on any atom is 0.269 e. The van der Waals surface area contributed by atoms with E-state index in [1.165, 1.54) is 47.4 Å².